The van der Waals surface area contributed by atoms with Gasteiger partial charge in [-0.25, -0.2) is 8.42 Å². The SMILES string of the molecule is COc1ccccc1NC(=O)[C@H](NS(=O)(=O)c1ccc2c(c1)C[C@@H](C)N2C(C)=O)C(C)C. The van der Waals surface area contributed by atoms with Gasteiger partial charge >= 0.3 is 0 Å². The van der Waals surface area contributed by atoms with E-state index in [0.717, 1.165) is 11.3 Å². The molecule has 1 aliphatic rings. The van der Waals surface area contributed by atoms with Crippen molar-refractivity contribution >= 4 is 33.2 Å². The molecule has 32 heavy (non-hydrogen) atoms. The van der Waals surface area contributed by atoms with Crippen molar-refractivity contribution in [3.63, 3.8) is 0 Å². The first kappa shape index (κ1) is 23.7. The summed E-state index contributed by atoms with van der Waals surface area (Å²) in [6.07, 6.45) is 0.570. The van der Waals surface area contributed by atoms with Crippen LogP contribution in [0.15, 0.2) is 47.4 Å². The Morgan fingerprint density at radius 3 is 2.47 bits per heavy atom. The number of para-hydroxylation sites is 2. The van der Waals surface area contributed by atoms with E-state index in [-0.39, 0.29) is 22.8 Å². The quantitative estimate of drug-likeness (QED) is 0.662. The zero-order chi connectivity index (χ0) is 23.6. The van der Waals surface area contributed by atoms with Crippen LogP contribution in [-0.2, 0) is 26.0 Å². The standard InChI is InChI=1S/C23H29N3O5S/c1-14(2)22(23(28)24-19-8-6-7-9-21(19)31-5)25-32(29,30)18-10-11-20-17(13-18)12-15(3)26(20)16(4)27/h6-11,13-15,22,25H,12H2,1-5H3,(H,24,28)/t15-,22-/m1/s1. The van der Waals surface area contributed by atoms with Crippen LogP contribution >= 0.6 is 0 Å². The lowest BCUT2D eigenvalue weighted by atomic mass is 10.0. The molecule has 9 heteroatoms. The molecule has 0 radical (unpaired) electrons. The highest BCUT2D eigenvalue weighted by Crippen LogP contribution is 2.34. The summed E-state index contributed by atoms with van der Waals surface area (Å²) in [6.45, 7) is 6.95. The van der Waals surface area contributed by atoms with Crippen LogP contribution in [0.2, 0.25) is 0 Å². The van der Waals surface area contributed by atoms with Crippen LogP contribution in [0.5, 0.6) is 5.75 Å². The maximum atomic E-state index is 13.1. The molecule has 2 N–H and O–H groups in total. The van der Waals surface area contributed by atoms with Crippen LogP contribution in [-0.4, -0.2) is 39.4 Å². The molecular weight excluding hydrogens is 430 g/mol. The molecule has 172 valence electrons. The van der Waals surface area contributed by atoms with Crippen molar-refractivity contribution < 1.29 is 22.7 Å². The Hall–Kier alpha value is -2.91. The number of amides is 2. The number of hydrogen-bond donors (Lipinski definition) is 2. The summed E-state index contributed by atoms with van der Waals surface area (Å²) in [4.78, 5) is 26.6. The third-order valence-corrected chi connectivity index (χ3v) is 6.95. The topological polar surface area (TPSA) is 105 Å². The summed E-state index contributed by atoms with van der Waals surface area (Å²) < 4.78 is 34.0. The molecule has 8 nitrogen and oxygen atoms in total. The fourth-order valence-corrected chi connectivity index (χ4v) is 5.33. The molecule has 0 saturated heterocycles. The van der Waals surface area contributed by atoms with E-state index in [2.05, 4.69) is 10.0 Å². The van der Waals surface area contributed by atoms with Crippen molar-refractivity contribution in [3.05, 3.63) is 48.0 Å². The Morgan fingerprint density at radius 1 is 1.16 bits per heavy atom. The average molecular weight is 460 g/mol. The molecule has 1 heterocycles. The number of carbonyl (C=O) groups is 2. The van der Waals surface area contributed by atoms with Gasteiger partial charge in [0.25, 0.3) is 0 Å². The van der Waals surface area contributed by atoms with E-state index < -0.39 is 22.0 Å². The van der Waals surface area contributed by atoms with E-state index in [9.17, 15) is 18.0 Å². The van der Waals surface area contributed by atoms with E-state index in [1.807, 2.05) is 6.92 Å². The molecule has 1 aliphatic heterocycles. The van der Waals surface area contributed by atoms with Crippen molar-refractivity contribution in [2.24, 2.45) is 5.92 Å². The minimum atomic E-state index is -3.98. The van der Waals surface area contributed by atoms with Gasteiger partial charge in [0.05, 0.1) is 17.7 Å². The monoisotopic (exact) mass is 459 g/mol. The molecule has 2 amide bonds. The fraction of sp³-hybridized carbons (Fsp3) is 0.391. The number of nitrogens with one attached hydrogen (secondary N) is 2. The van der Waals surface area contributed by atoms with Gasteiger partial charge in [-0.1, -0.05) is 26.0 Å². The number of carbonyl (C=O) groups excluding carboxylic acids is 2. The summed E-state index contributed by atoms with van der Waals surface area (Å²) in [5.41, 5.74) is 1.97. The van der Waals surface area contributed by atoms with Crippen LogP contribution in [0.25, 0.3) is 0 Å². The highest BCUT2D eigenvalue weighted by molar-refractivity contribution is 7.89. The molecule has 2 aromatic carbocycles. The zero-order valence-electron chi connectivity index (χ0n) is 18.9. The van der Waals surface area contributed by atoms with Crippen molar-refractivity contribution in [2.45, 2.75) is 51.1 Å². The van der Waals surface area contributed by atoms with Gasteiger partial charge in [0, 0.05) is 18.7 Å². The number of hydrogen-bond acceptors (Lipinski definition) is 5. The molecule has 3 rings (SSSR count). The number of nitrogens with zero attached hydrogens (tertiary/aromatic N) is 1. The first-order valence-corrected chi connectivity index (χ1v) is 11.9. The second kappa shape index (κ2) is 9.30. The molecule has 0 bridgehead atoms. The van der Waals surface area contributed by atoms with Gasteiger partial charge < -0.3 is 15.0 Å². The third kappa shape index (κ3) is 4.78. The van der Waals surface area contributed by atoms with Crippen LogP contribution in [0.3, 0.4) is 0 Å². The molecule has 0 aromatic heterocycles. The van der Waals surface area contributed by atoms with Gasteiger partial charge in [-0.2, -0.15) is 4.72 Å². The summed E-state index contributed by atoms with van der Waals surface area (Å²) in [6, 6.07) is 10.6. The highest BCUT2D eigenvalue weighted by atomic mass is 32.2. The third-order valence-electron chi connectivity index (χ3n) is 5.51. The number of ether oxygens (including phenoxy) is 1. The Morgan fingerprint density at radius 2 is 1.84 bits per heavy atom. The van der Waals surface area contributed by atoms with Crippen molar-refractivity contribution in [1.82, 2.24) is 4.72 Å². The number of anilines is 2. The van der Waals surface area contributed by atoms with Gasteiger partial charge in [0.2, 0.25) is 21.8 Å². The largest absolute Gasteiger partial charge is 0.495 e. The molecule has 0 spiro atoms. The number of rotatable bonds is 7. The fourth-order valence-electron chi connectivity index (χ4n) is 3.94. The summed E-state index contributed by atoms with van der Waals surface area (Å²) >= 11 is 0. The lowest BCUT2D eigenvalue weighted by Gasteiger charge is -2.23. The summed E-state index contributed by atoms with van der Waals surface area (Å²) in [7, 11) is -2.48. The molecule has 0 unspecified atom stereocenters. The van der Waals surface area contributed by atoms with Crippen molar-refractivity contribution in [1.29, 1.82) is 0 Å². The second-order valence-electron chi connectivity index (χ2n) is 8.27. The second-order valence-corrected chi connectivity index (χ2v) is 9.98. The normalized spacial score (nSPS) is 16.6. The van der Waals surface area contributed by atoms with E-state index in [1.54, 1.807) is 55.1 Å². The Labute approximate surface area is 189 Å². The van der Waals surface area contributed by atoms with Crippen LogP contribution in [0.4, 0.5) is 11.4 Å². The van der Waals surface area contributed by atoms with E-state index >= 15 is 0 Å². The minimum Gasteiger partial charge on any atom is -0.495 e. The van der Waals surface area contributed by atoms with E-state index in [4.69, 9.17) is 4.74 Å². The van der Waals surface area contributed by atoms with Crippen molar-refractivity contribution in [3.8, 4) is 5.75 Å². The van der Waals surface area contributed by atoms with Gasteiger partial charge in [-0.05, 0) is 55.2 Å². The first-order chi connectivity index (χ1) is 15.0. The molecular formula is C23H29N3O5S. The summed E-state index contributed by atoms with van der Waals surface area (Å²) in [5.74, 6) is -0.389. The van der Waals surface area contributed by atoms with Crippen molar-refractivity contribution in [2.75, 3.05) is 17.3 Å². The van der Waals surface area contributed by atoms with Gasteiger partial charge in [0.1, 0.15) is 11.8 Å². The van der Waals surface area contributed by atoms with Gasteiger partial charge in [-0.15, -0.1) is 0 Å². The lowest BCUT2D eigenvalue weighted by molar-refractivity contribution is -0.118. The minimum absolute atomic E-state index is 0.0385. The van der Waals surface area contributed by atoms with Gasteiger partial charge in [0.15, 0.2) is 0 Å². The first-order valence-electron chi connectivity index (χ1n) is 10.4. The van der Waals surface area contributed by atoms with E-state index in [1.165, 1.54) is 20.1 Å². The highest BCUT2D eigenvalue weighted by Gasteiger charge is 2.32. The lowest BCUT2D eigenvalue weighted by Crippen LogP contribution is -2.47. The average Bonchev–Trinajstić information content (AvgIpc) is 3.07. The zero-order valence-corrected chi connectivity index (χ0v) is 19.7. The smallest absolute Gasteiger partial charge is 0.242 e. The number of fused-ring (bicyclic) bond motifs is 1. The maximum absolute atomic E-state index is 13.1. The predicted molar refractivity (Wildman–Crippen MR) is 123 cm³/mol. The molecule has 2 atom stereocenters. The Kier molecular flexibility index (Phi) is 6.90. The number of benzene rings is 2. The predicted octanol–water partition coefficient (Wildman–Crippen LogP) is 2.93. The van der Waals surface area contributed by atoms with Gasteiger partial charge in [-0.3, -0.25) is 9.59 Å². The molecule has 0 saturated carbocycles. The summed E-state index contributed by atoms with van der Waals surface area (Å²) in [5, 5.41) is 2.75. The van der Waals surface area contributed by atoms with Crippen LogP contribution in [0.1, 0.15) is 33.3 Å². The number of sulfonamides is 1. The molecule has 2 aromatic rings. The molecule has 0 aliphatic carbocycles. The van der Waals surface area contributed by atoms with Crippen LogP contribution < -0.4 is 19.7 Å². The number of methoxy groups -OCH3 is 1. The Bertz CT molecular complexity index is 1130. The van der Waals surface area contributed by atoms with E-state index in [0.29, 0.717) is 17.9 Å². The maximum Gasteiger partial charge on any atom is 0.242 e. The van der Waals surface area contributed by atoms with Crippen LogP contribution in [0, 0.1) is 5.92 Å². The molecule has 0 fully saturated rings. The Balaban J connectivity index is 1.84.